The first-order valence-corrected chi connectivity index (χ1v) is 12.9. The van der Waals surface area contributed by atoms with Gasteiger partial charge in [0.1, 0.15) is 16.8 Å². The molecule has 2 bridgehead atoms. The fourth-order valence-electron chi connectivity index (χ4n) is 5.61. The van der Waals surface area contributed by atoms with Crippen molar-refractivity contribution in [3.05, 3.63) is 29.3 Å². The van der Waals surface area contributed by atoms with Crippen LogP contribution in [0, 0.1) is 12.8 Å². The maximum absolute atomic E-state index is 13.5. The second-order valence-electron chi connectivity index (χ2n) is 12.4. The molecule has 2 amide bonds. The third-order valence-electron chi connectivity index (χ3n) is 8.22. The van der Waals surface area contributed by atoms with Gasteiger partial charge in [0.25, 0.3) is 5.91 Å². The molecule has 0 radical (unpaired) electrons. The van der Waals surface area contributed by atoms with Gasteiger partial charge in [-0.1, -0.05) is 6.07 Å². The number of nitrogens with zero attached hydrogens (tertiary/aromatic N) is 1. The Bertz CT molecular complexity index is 1200. The lowest BCUT2D eigenvalue weighted by atomic mass is 9.83. The molecule has 2 saturated heterocycles. The Labute approximate surface area is 213 Å². The van der Waals surface area contributed by atoms with Gasteiger partial charge in [0.2, 0.25) is 0 Å². The number of alkyl carbamates (subject to hydrolysis) is 1. The molecule has 3 heterocycles. The largest absolute Gasteiger partial charge is 0.533 e. The number of amides is 2. The summed E-state index contributed by atoms with van der Waals surface area (Å²) < 4.78 is 24.0. The fraction of sp³-hybridized carbons (Fsp3) is 0.630. The topological polar surface area (TPSA) is 90.2 Å². The molecule has 36 heavy (non-hydrogen) atoms. The van der Waals surface area contributed by atoms with Crippen molar-refractivity contribution in [3.8, 4) is 0 Å². The zero-order valence-electron chi connectivity index (χ0n) is 22.6. The number of benzene rings is 1. The molecule has 3 fully saturated rings. The van der Waals surface area contributed by atoms with Crippen LogP contribution in [0.1, 0.15) is 77.2 Å². The lowest BCUT2D eigenvalue weighted by molar-refractivity contribution is 0.00578. The van der Waals surface area contributed by atoms with Gasteiger partial charge in [-0.3, -0.25) is 4.79 Å². The second kappa shape index (κ2) is 8.25. The van der Waals surface area contributed by atoms with Gasteiger partial charge in [0.05, 0.1) is 23.3 Å². The molecule has 1 aliphatic carbocycles. The molecular formula is C27H37BN2O6. The zero-order valence-corrected chi connectivity index (χ0v) is 22.6. The Hall–Kier alpha value is -2.52. The van der Waals surface area contributed by atoms with Crippen LogP contribution in [0.3, 0.4) is 0 Å². The van der Waals surface area contributed by atoms with E-state index in [0.29, 0.717) is 23.4 Å². The van der Waals surface area contributed by atoms with E-state index in [1.54, 1.807) is 0 Å². The molecule has 2 aliphatic heterocycles. The Kier molecular flexibility index (Phi) is 5.76. The van der Waals surface area contributed by atoms with Gasteiger partial charge < -0.3 is 28.7 Å². The monoisotopic (exact) mass is 496 g/mol. The molecule has 2 aromatic rings. The minimum Gasteiger partial charge on any atom is -0.464 e. The van der Waals surface area contributed by atoms with E-state index in [2.05, 4.69) is 5.32 Å². The minimum absolute atomic E-state index is 0.0376. The van der Waals surface area contributed by atoms with Crippen molar-refractivity contribution >= 4 is 35.7 Å². The summed E-state index contributed by atoms with van der Waals surface area (Å²) >= 11 is 0. The van der Waals surface area contributed by atoms with Crippen molar-refractivity contribution in [2.24, 2.45) is 5.92 Å². The third-order valence-corrected chi connectivity index (χ3v) is 8.22. The van der Waals surface area contributed by atoms with Crippen LogP contribution in [-0.2, 0) is 14.0 Å². The SMILES string of the molecule is Cc1c(B2OC(C)(C)C(C)(C)O2)oc2cc(C(=O)N3CC4CCC3[C@@H]4NC(=O)OC(C)(C)C)ccc12. The number of likely N-dealkylation sites (tertiary alicyclic amines) is 1. The van der Waals surface area contributed by atoms with E-state index in [-0.39, 0.29) is 23.9 Å². The number of fused-ring (bicyclic) bond motifs is 3. The Balaban J connectivity index is 1.35. The molecule has 1 aromatic heterocycles. The summed E-state index contributed by atoms with van der Waals surface area (Å²) in [6.45, 7) is 16.2. The maximum atomic E-state index is 13.5. The first-order valence-electron chi connectivity index (χ1n) is 12.9. The van der Waals surface area contributed by atoms with Gasteiger partial charge in [-0.2, -0.15) is 0 Å². The molecule has 1 saturated carbocycles. The number of furan rings is 1. The minimum atomic E-state index is -0.601. The molecule has 1 aromatic carbocycles. The van der Waals surface area contributed by atoms with E-state index in [0.717, 1.165) is 23.8 Å². The molecule has 1 N–H and O–H groups in total. The highest BCUT2D eigenvalue weighted by molar-refractivity contribution is 6.61. The highest BCUT2D eigenvalue weighted by atomic mass is 16.7. The number of aryl methyl sites for hydroxylation is 1. The van der Waals surface area contributed by atoms with Gasteiger partial charge in [-0.25, -0.2) is 4.79 Å². The highest BCUT2D eigenvalue weighted by Crippen LogP contribution is 2.40. The molecule has 0 spiro atoms. The Morgan fingerprint density at radius 1 is 1.11 bits per heavy atom. The van der Waals surface area contributed by atoms with Gasteiger partial charge in [0, 0.05) is 17.5 Å². The number of nitrogens with one attached hydrogen (secondary N) is 1. The van der Waals surface area contributed by atoms with E-state index in [1.807, 2.05) is 78.5 Å². The molecule has 194 valence electrons. The lowest BCUT2D eigenvalue weighted by Crippen LogP contribution is -2.46. The van der Waals surface area contributed by atoms with Gasteiger partial charge in [0.15, 0.2) is 0 Å². The molecule has 3 atom stereocenters. The molecule has 5 rings (SSSR count). The van der Waals surface area contributed by atoms with Gasteiger partial charge >= 0.3 is 13.2 Å². The summed E-state index contributed by atoms with van der Waals surface area (Å²) in [5.74, 6) is 0.183. The second-order valence-corrected chi connectivity index (χ2v) is 12.4. The number of hydrogen-bond acceptors (Lipinski definition) is 6. The number of carbonyl (C=O) groups excluding carboxylic acids is 2. The summed E-state index contributed by atoms with van der Waals surface area (Å²) in [4.78, 5) is 27.8. The van der Waals surface area contributed by atoms with Gasteiger partial charge in [-0.15, -0.1) is 0 Å². The first-order chi connectivity index (χ1) is 16.7. The summed E-state index contributed by atoms with van der Waals surface area (Å²) in [5, 5.41) is 3.95. The summed E-state index contributed by atoms with van der Waals surface area (Å²) in [6.07, 6.45) is 1.43. The number of ether oxygens (including phenoxy) is 1. The van der Waals surface area contributed by atoms with Crippen LogP contribution in [0.4, 0.5) is 4.79 Å². The molecule has 8 nitrogen and oxygen atoms in total. The summed E-state index contributed by atoms with van der Waals surface area (Å²) in [5.41, 5.74) is 1.29. The summed E-state index contributed by atoms with van der Waals surface area (Å²) in [6, 6.07) is 5.46. The lowest BCUT2D eigenvalue weighted by Gasteiger charge is -2.32. The predicted molar refractivity (Wildman–Crippen MR) is 137 cm³/mol. The quantitative estimate of drug-likeness (QED) is 0.642. The number of rotatable bonds is 3. The third kappa shape index (κ3) is 4.20. The normalized spacial score (nSPS) is 26.6. The molecule has 3 aliphatic rings. The standard InChI is InChI=1S/C27H37BN2O6/c1-15-18-11-9-16(13-20(18)33-22(15)28-35-26(5,6)27(7,8)36-28)23(31)30-14-17-10-12-19(30)21(17)29-24(32)34-25(2,3)4/h9,11,13,17,19,21H,10,12,14H2,1-8H3,(H,29,32)/t17?,19?,21-/m1/s1. The van der Waals surface area contributed by atoms with Crippen LogP contribution < -0.4 is 11.0 Å². The van der Waals surface area contributed by atoms with Crippen molar-refractivity contribution < 1.29 is 28.1 Å². The number of piperidine rings is 1. The first kappa shape index (κ1) is 25.1. The van der Waals surface area contributed by atoms with Crippen LogP contribution in [0.2, 0.25) is 0 Å². The average molecular weight is 496 g/mol. The Morgan fingerprint density at radius 2 is 1.78 bits per heavy atom. The molecular weight excluding hydrogens is 459 g/mol. The maximum Gasteiger partial charge on any atom is 0.533 e. The van der Waals surface area contributed by atoms with E-state index < -0.39 is 30.0 Å². The molecule has 2 unspecified atom stereocenters. The highest BCUT2D eigenvalue weighted by Gasteiger charge is 2.54. The predicted octanol–water partition coefficient (Wildman–Crippen LogP) is 4.17. The van der Waals surface area contributed by atoms with E-state index in [4.69, 9.17) is 18.5 Å². The van der Waals surface area contributed by atoms with Crippen molar-refractivity contribution in [3.63, 3.8) is 0 Å². The van der Waals surface area contributed by atoms with Crippen LogP contribution in [0.5, 0.6) is 0 Å². The van der Waals surface area contributed by atoms with Crippen molar-refractivity contribution in [2.75, 3.05) is 6.54 Å². The van der Waals surface area contributed by atoms with Crippen LogP contribution in [0.15, 0.2) is 22.6 Å². The van der Waals surface area contributed by atoms with Crippen LogP contribution >= 0.6 is 0 Å². The smallest absolute Gasteiger partial charge is 0.464 e. The van der Waals surface area contributed by atoms with Crippen LogP contribution in [0.25, 0.3) is 11.0 Å². The van der Waals surface area contributed by atoms with E-state index in [1.165, 1.54) is 0 Å². The number of hydrogen-bond donors (Lipinski definition) is 1. The van der Waals surface area contributed by atoms with Crippen LogP contribution in [-0.4, -0.2) is 59.5 Å². The zero-order chi connectivity index (χ0) is 26.2. The van der Waals surface area contributed by atoms with E-state index >= 15 is 0 Å². The van der Waals surface area contributed by atoms with E-state index in [9.17, 15) is 9.59 Å². The average Bonchev–Trinajstić information content (AvgIpc) is 3.46. The van der Waals surface area contributed by atoms with Gasteiger partial charge in [-0.05, 0) is 91.8 Å². The van der Waals surface area contributed by atoms with Crippen molar-refractivity contribution in [1.82, 2.24) is 10.2 Å². The van der Waals surface area contributed by atoms with Crippen molar-refractivity contribution in [2.45, 2.75) is 97.1 Å². The molecule has 9 heteroatoms. The Morgan fingerprint density at radius 3 is 2.42 bits per heavy atom. The van der Waals surface area contributed by atoms with Crippen molar-refractivity contribution in [1.29, 1.82) is 0 Å². The summed E-state index contributed by atoms with van der Waals surface area (Å²) in [7, 11) is -0.601. The fourth-order valence-corrected chi connectivity index (χ4v) is 5.61. The number of carbonyl (C=O) groups is 2.